The first-order valence-electron chi connectivity index (χ1n) is 7.23. The van der Waals surface area contributed by atoms with Crippen LogP contribution in [0.1, 0.15) is 24.1 Å². The molecule has 0 aliphatic rings. The van der Waals surface area contributed by atoms with E-state index in [9.17, 15) is 5.11 Å². The number of rotatable bonds is 10. The van der Waals surface area contributed by atoms with E-state index in [1.807, 2.05) is 26.1 Å². The van der Waals surface area contributed by atoms with Crippen LogP contribution in [0.3, 0.4) is 0 Å². The molecular formula is C16H27NO4. The van der Waals surface area contributed by atoms with Gasteiger partial charge in [0.15, 0.2) is 0 Å². The van der Waals surface area contributed by atoms with Crippen LogP contribution in [0.4, 0.5) is 0 Å². The summed E-state index contributed by atoms with van der Waals surface area (Å²) in [7, 11) is 3.55. The van der Waals surface area contributed by atoms with E-state index < -0.39 is 6.10 Å². The van der Waals surface area contributed by atoms with Gasteiger partial charge < -0.3 is 24.6 Å². The van der Waals surface area contributed by atoms with Crippen LogP contribution in [-0.4, -0.2) is 51.8 Å². The molecule has 120 valence electrons. The number of aliphatic hydroxyl groups is 1. The molecule has 0 amide bonds. The van der Waals surface area contributed by atoms with Crippen LogP contribution in [-0.2, 0) is 9.47 Å². The number of hydrogen-bond acceptors (Lipinski definition) is 5. The number of hydrogen-bond donors (Lipinski definition) is 2. The Morgan fingerprint density at radius 2 is 2.00 bits per heavy atom. The van der Waals surface area contributed by atoms with Gasteiger partial charge in [-0.1, -0.05) is 12.1 Å². The largest absolute Gasteiger partial charge is 0.491 e. The van der Waals surface area contributed by atoms with Gasteiger partial charge in [-0.2, -0.15) is 0 Å². The molecule has 1 aromatic carbocycles. The topological polar surface area (TPSA) is 60.0 Å². The molecule has 0 radical (unpaired) electrons. The maximum absolute atomic E-state index is 9.78. The van der Waals surface area contributed by atoms with Crippen LogP contribution >= 0.6 is 0 Å². The molecule has 2 N–H and O–H groups in total. The van der Waals surface area contributed by atoms with E-state index in [0.717, 1.165) is 11.3 Å². The Hall–Kier alpha value is -1.14. The highest BCUT2D eigenvalue weighted by Crippen LogP contribution is 2.22. The quantitative estimate of drug-likeness (QED) is 0.643. The Bertz CT molecular complexity index is 411. The Morgan fingerprint density at radius 3 is 2.62 bits per heavy atom. The fourth-order valence-corrected chi connectivity index (χ4v) is 1.87. The Balaban J connectivity index is 2.41. The van der Waals surface area contributed by atoms with Gasteiger partial charge in [0, 0.05) is 13.2 Å². The normalized spacial score (nSPS) is 14.0. The monoisotopic (exact) mass is 297 g/mol. The van der Waals surface area contributed by atoms with Gasteiger partial charge in [0.05, 0.1) is 19.8 Å². The molecule has 2 unspecified atom stereocenters. The molecule has 0 heterocycles. The molecule has 0 bridgehead atoms. The van der Waals surface area contributed by atoms with Crippen LogP contribution < -0.4 is 10.1 Å². The lowest BCUT2D eigenvalue weighted by atomic mass is 10.1. The van der Waals surface area contributed by atoms with Crippen molar-refractivity contribution in [3.8, 4) is 5.75 Å². The van der Waals surface area contributed by atoms with Crippen LogP contribution in [0.5, 0.6) is 5.75 Å². The SMILES string of the molecule is CNC(C)c1ccc(OCC(O)COCCOC)c(C)c1. The molecule has 1 rings (SSSR count). The molecule has 21 heavy (non-hydrogen) atoms. The van der Waals surface area contributed by atoms with Gasteiger partial charge in [-0.05, 0) is 38.1 Å². The summed E-state index contributed by atoms with van der Waals surface area (Å²) in [5, 5.41) is 13.0. The minimum absolute atomic E-state index is 0.217. The molecule has 2 atom stereocenters. The van der Waals surface area contributed by atoms with Gasteiger partial charge in [0.1, 0.15) is 18.5 Å². The van der Waals surface area contributed by atoms with Crippen LogP contribution in [0.2, 0.25) is 0 Å². The predicted molar refractivity (Wildman–Crippen MR) is 82.9 cm³/mol. The molecule has 0 fully saturated rings. The predicted octanol–water partition coefficient (Wildman–Crippen LogP) is 1.68. The zero-order chi connectivity index (χ0) is 15.7. The number of benzene rings is 1. The molecule has 0 spiro atoms. The standard InChI is InChI=1S/C16H27NO4/c1-12-9-14(13(2)17-3)5-6-16(12)21-11-15(18)10-20-8-7-19-4/h5-6,9,13,15,17-18H,7-8,10-11H2,1-4H3. The minimum Gasteiger partial charge on any atom is -0.491 e. The van der Waals surface area contributed by atoms with Crippen molar-refractivity contribution in [3.63, 3.8) is 0 Å². The summed E-state index contributed by atoms with van der Waals surface area (Å²) in [6.45, 7) is 5.58. The summed E-state index contributed by atoms with van der Waals surface area (Å²) in [5.74, 6) is 0.790. The molecular weight excluding hydrogens is 270 g/mol. The van der Waals surface area contributed by atoms with Crippen LogP contribution in [0, 0.1) is 6.92 Å². The summed E-state index contributed by atoms with van der Waals surface area (Å²) < 4.78 is 15.8. The summed E-state index contributed by atoms with van der Waals surface area (Å²) in [6, 6.07) is 6.37. The lowest BCUT2D eigenvalue weighted by Gasteiger charge is -2.16. The molecule has 0 saturated carbocycles. The summed E-state index contributed by atoms with van der Waals surface area (Å²) >= 11 is 0. The van der Waals surface area contributed by atoms with E-state index in [1.54, 1.807) is 7.11 Å². The third kappa shape index (κ3) is 6.44. The second-order valence-electron chi connectivity index (χ2n) is 5.07. The van der Waals surface area contributed by atoms with Crippen molar-refractivity contribution in [1.29, 1.82) is 0 Å². The van der Waals surface area contributed by atoms with Crippen molar-refractivity contribution in [3.05, 3.63) is 29.3 Å². The number of methoxy groups -OCH3 is 1. The zero-order valence-corrected chi connectivity index (χ0v) is 13.4. The fourth-order valence-electron chi connectivity index (χ4n) is 1.87. The van der Waals surface area contributed by atoms with Crippen molar-refractivity contribution in [1.82, 2.24) is 5.32 Å². The maximum Gasteiger partial charge on any atom is 0.122 e. The van der Waals surface area contributed by atoms with E-state index in [0.29, 0.717) is 19.3 Å². The van der Waals surface area contributed by atoms with Crippen molar-refractivity contribution < 1.29 is 19.3 Å². The van der Waals surface area contributed by atoms with Crippen molar-refractivity contribution >= 4 is 0 Å². The van der Waals surface area contributed by atoms with Gasteiger partial charge >= 0.3 is 0 Å². The van der Waals surface area contributed by atoms with E-state index in [-0.39, 0.29) is 13.2 Å². The van der Waals surface area contributed by atoms with Gasteiger partial charge in [-0.25, -0.2) is 0 Å². The van der Waals surface area contributed by atoms with Gasteiger partial charge in [0.2, 0.25) is 0 Å². The molecule has 0 saturated heterocycles. The number of aliphatic hydroxyl groups excluding tert-OH is 1. The molecule has 1 aromatic rings. The molecule has 0 aromatic heterocycles. The molecule has 0 aliphatic heterocycles. The molecule has 0 aliphatic carbocycles. The lowest BCUT2D eigenvalue weighted by molar-refractivity contribution is -0.00428. The van der Waals surface area contributed by atoms with Gasteiger partial charge in [-0.15, -0.1) is 0 Å². The minimum atomic E-state index is -0.642. The average molecular weight is 297 g/mol. The summed E-state index contributed by atoms with van der Waals surface area (Å²) in [6.07, 6.45) is -0.642. The van der Waals surface area contributed by atoms with Crippen molar-refractivity contribution in [2.75, 3.05) is 40.6 Å². The maximum atomic E-state index is 9.78. The first kappa shape index (κ1) is 17.9. The van der Waals surface area contributed by atoms with E-state index in [1.165, 1.54) is 5.56 Å². The Morgan fingerprint density at radius 1 is 1.24 bits per heavy atom. The first-order chi connectivity index (χ1) is 10.1. The van der Waals surface area contributed by atoms with E-state index in [2.05, 4.69) is 18.3 Å². The van der Waals surface area contributed by atoms with Crippen molar-refractivity contribution in [2.45, 2.75) is 26.0 Å². The lowest BCUT2D eigenvalue weighted by Crippen LogP contribution is -2.24. The highest BCUT2D eigenvalue weighted by atomic mass is 16.5. The molecule has 5 nitrogen and oxygen atoms in total. The van der Waals surface area contributed by atoms with Gasteiger partial charge in [0.25, 0.3) is 0 Å². The first-order valence-corrected chi connectivity index (χ1v) is 7.23. The molecule has 5 heteroatoms. The number of aryl methyl sites for hydroxylation is 1. The summed E-state index contributed by atoms with van der Waals surface area (Å²) in [5.41, 5.74) is 2.27. The highest BCUT2D eigenvalue weighted by Gasteiger charge is 2.09. The van der Waals surface area contributed by atoms with E-state index in [4.69, 9.17) is 14.2 Å². The zero-order valence-electron chi connectivity index (χ0n) is 13.4. The Kier molecular flexibility index (Phi) is 8.30. The van der Waals surface area contributed by atoms with Crippen molar-refractivity contribution in [2.24, 2.45) is 0 Å². The average Bonchev–Trinajstić information content (AvgIpc) is 2.49. The number of nitrogens with one attached hydrogen (secondary N) is 1. The third-order valence-electron chi connectivity index (χ3n) is 3.31. The fraction of sp³-hybridized carbons (Fsp3) is 0.625. The van der Waals surface area contributed by atoms with Crippen LogP contribution in [0.25, 0.3) is 0 Å². The number of ether oxygens (including phenoxy) is 3. The third-order valence-corrected chi connectivity index (χ3v) is 3.31. The van der Waals surface area contributed by atoms with Crippen LogP contribution in [0.15, 0.2) is 18.2 Å². The summed E-state index contributed by atoms with van der Waals surface area (Å²) in [4.78, 5) is 0. The van der Waals surface area contributed by atoms with E-state index >= 15 is 0 Å². The second kappa shape index (κ2) is 9.73. The second-order valence-corrected chi connectivity index (χ2v) is 5.07. The Labute approximate surface area is 127 Å². The smallest absolute Gasteiger partial charge is 0.122 e. The highest BCUT2D eigenvalue weighted by molar-refractivity contribution is 5.37. The van der Waals surface area contributed by atoms with Gasteiger partial charge in [-0.3, -0.25) is 0 Å².